The molecule has 2 aromatic rings. The Hall–Kier alpha value is -2.10. The highest BCUT2D eigenvalue weighted by molar-refractivity contribution is 7.92. The number of nitrogens with zero attached hydrogens (tertiary/aromatic N) is 1. The van der Waals surface area contributed by atoms with E-state index in [9.17, 15) is 16.8 Å². The molecule has 1 aliphatic rings. The Bertz CT molecular complexity index is 985. The Labute approximate surface area is 160 Å². The average Bonchev–Trinajstić information content (AvgIpc) is 2.67. The van der Waals surface area contributed by atoms with Crippen molar-refractivity contribution < 1.29 is 21.6 Å². The van der Waals surface area contributed by atoms with Crippen LogP contribution in [0.3, 0.4) is 0 Å². The first-order valence-corrected chi connectivity index (χ1v) is 11.6. The summed E-state index contributed by atoms with van der Waals surface area (Å²) in [6.07, 6.45) is 1.45. The Morgan fingerprint density at radius 1 is 1.04 bits per heavy atom. The lowest BCUT2D eigenvalue weighted by Crippen LogP contribution is -2.37. The molecule has 0 amide bonds. The minimum atomic E-state index is -3.70. The Morgan fingerprint density at radius 2 is 1.70 bits per heavy atom. The maximum Gasteiger partial charge on any atom is 0.240 e. The van der Waals surface area contributed by atoms with Gasteiger partial charge in [0, 0.05) is 13.1 Å². The highest BCUT2D eigenvalue weighted by Gasteiger charge is 2.26. The highest BCUT2D eigenvalue weighted by atomic mass is 32.2. The first-order valence-electron chi connectivity index (χ1n) is 8.55. The van der Waals surface area contributed by atoms with Crippen LogP contribution in [0, 0.1) is 0 Å². The van der Waals surface area contributed by atoms with E-state index in [1.54, 1.807) is 31.4 Å². The van der Waals surface area contributed by atoms with E-state index in [0.29, 0.717) is 24.4 Å². The van der Waals surface area contributed by atoms with Crippen LogP contribution < -0.4 is 13.8 Å². The molecular weight excluding hydrogens is 388 g/mol. The molecule has 0 aliphatic carbocycles. The Balaban J connectivity index is 1.71. The molecule has 1 N–H and O–H groups in total. The van der Waals surface area contributed by atoms with Crippen LogP contribution in [-0.2, 0) is 26.6 Å². The van der Waals surface area contributed by atoms with Gasteiger partial charge in [0.05, 0.1) is 23.4 Å². The van der Waals surface area contributed by atoms with Crippen molar-refractivity contribution >= 4 is 25.7 Å². The van der Waals surface area contributed by atoms with E-state index in [0.717, 1.165) is 12.0 Å². The number of sulfonamides is 2. The number of hydrogen-bond acceptors (Lipinski definition) is 5. The van der Waals surface area contributed by atoms with Crippen LogP contribution in [0.25, 0.3) is 0 Å². The minimum Gasteiger partial charge on any atom is -0.497 e. The van der Waals surface area contributed by atoms with E-state index in [4.69, 9.17) is 4.74 Å². The van der Waals surface area contributed by atoms with Crippen molar-refractivity contribution in [3.8, 4) is 5.75 Å². The van der Waals surface area contributed by atoms with Gasteiger partial charge in [-0.05, 0) is 54.8 Å². The molecule has 1 saturated heterocycles. The fourth-order valence-corrected chi connectivity index (χ4v) is 5.53. The van der Waals surface area contributed by atoms with Gasteiger partial charge >= 0.3 is 0 Å². The van der Waals surface area contributed by atoms with Crippen LogP contribution in [-0.4, -0.2) is 36.2 Å². The van der Waals surface area contributed by atoms with Crippen LogP contribution in [0.2, 0.25) is 0 Å². The van der Waals surface area contributed by atoms with Gasteiger partial charge in [-0.1, -0.05) is 12.1 Å². The van der Waals surface area contributed by atoms with Gasteiger partial charge in [-0.15, -0.1) is 0 Å². The van der Waals surface area contributed by atoms with Crippen molar-refractivity contribution in [3.05, 3.63) is 54.1 Å². The molecule has 0 unspecified atom stereocenters. The normalized spacial score (nSPS) is 16.9. The molecule has 0 bridgehead atoms. The van der Waals surface area contributed by atoms with Crippen molar-refractivity contribution in [1.29, 1.82) is 0 Å². The molecular formula is C18H22N2O5S2. The third-order valence-corrected chi connectivity index (χ3v) is 7.70. The molecule has 2 aromatic carbocycles. The molecule has 0 spiro atoms. The first kappa shape index (κ1) is 19.7. The second kappa shape index (κ2) is 7.87. The zero-order valence-corrected chi connectivity index (χ0v) is 16.6. The molecule has 3 rings (SSSR count). The lowest BCUT2D eigenvalue weighted by atomic mass is 10.2. The van der Waals surface area contributed by atoms with Crippen molar-refractivity contribution in [2.24, 2.45) is 0 Å². The van der Waals surface area contributed by atoms with Crippen LogP contribution in [0.5, 0.6) is 5.75 Å². The Kier molecular flexibility index (Phi) is 5.73. The lowest BCUT2D eigenvalue weighted by Gasteiger charge is -2.28. The molecule has 1 heterocycles. The van der Waals surface area contributed by atoms with Crippen LogP contribution in [0.4, 0.5) is 5.69 Å². The van der Waals surface area contributed by atoms with Crippen molar-refractivity contribution in [2.75, 3.05) is 23.7 Å². The zero-order valence-electron chi connectivity index (χ0n) is 15.0. The standard InChI is InChI=1S/C18H22N2O5S2/c1-25-17-8-4-15(5-9-17)14-19-27(23,24)18-10-6-16(7-11-18)20-12-2-3-13-26(20,21)22/h4-11,19H,2-3,12-14H2,1H3. The molecule has 146 valence electrons. The predicted molar refractivity (Wildman–Crippen MR) is 104 cm³/mol. The maximum absolute atomic E-state index is 12.5. The molecule has 1 fully saturated rings. The number of rotatable bonds is 6. The summed E-state index contributed by atoms with van der Waals surface area (Å²) in [5, 5.41) is 0. The molecule has 1 aliphatic heterocycles. The summed E-state index contributed by atoms with van der Waals surface area (Å²) in [6.45, 7) is 0.568. The smallest absolute Gasteiger partial charge is 0.240 e. The quantitative estimate of drug-likeness (QED) is 0.787. The van der Waals surface area contributed by atoms with Gasteiger partial charge in [-0.25, -0.2) is 21.6 Å². The van der Waals surface area contributed by atoms with Gasteiger partial charge in [0.1, 0.15) is 5.75 Å². The summed E-state index contributed by atoms with van der Waals surface area (Å²) in [4.78, 5) is 0.0918. The summed E-state index contributed by atoms with van der Waals surface area (Å²) >= 11 is 0. The first-order chi connectivity index (χ1) is 12.8. The van der Waals surface area contributed by atoms with Crippen LogP contribution >= 0.6 is 0 Å². The summed E-state index contributed by atoms with van der Waals surface area (Å²) in [5.41, 5.74) is 1.29. The second-order valence-corrected chi connectivity index (χ2v) is 10.0. The van der Waals surface area contributed by atoms with E-state index < -0.39 is 20.0 Å². The zero-order chi connectivity index (χ0) is 19.5. The van der Waals surface area contributed by atoms with Gasteiger partial charge in [0.25, 0.3) is 0 Å². The number of benzene rings is 2. The maximum atomic E-state index is 12.5. The minimum absolute atomic E-state index is 0.0918. The van der Waals surface area contributed by atoms with Crippen molar-refractivity contribution in [1.82, 2.24) is 4.72 Å². The average molecular weight is 411 g/mol. The molecule has 9 heteroatoms. The summed E-state index contributed by atoms with van der Waals surface area (Å²) < 4.78 is 58.2. The van der Waals surface area contributed by atoms with Crippen molar-refractivity contribution in [2.45, 2.75) is 24.3 Å². The number of methoxy groups -OCH3 is 1. The third kappa shape index (κ3) is 4.60. The SMILES string of the molecule is COc1ccc(CNS(=O)(=O)c2ccc(N3CCCCS3(=O)=O)cc2)cc1. The summed E-state index contributed by atoms with van der Waals surface area (Å²) in [7, 11) is -5.45. The van der Waals surface area contributed by atoms with Gasteiger partial charge in [0.2, 0.25) is 20.0 Å². The summed E-state index contributed by atoms with van der Waals surface area (Å²) in [6, 6.07) is 13.0. The monoisotopic (exact) mass is 410 g/mol. The third-order valence-electron chi connectivity index (χ3n) is 4.41. The lowest BCUT2D eigenvalue weighted by molar-refractivity contribution is 0.414. The predicted octanol–water partition coefficient (Wildman–Crippen LogP) is 2.10. The second-order valence-electron chi connectivity index (χ2n) is 6.26. The topological polar surface area (TPSA) is 92.8 Å². The molecule has 0 saturated carbocycles. The number of nitrogens with one attached hydrogen (secondary N) is 1. The molecule has 0 radical (unpaired) electrons. The number of anilines is 1. The Morgan fingerprint density at radius 3 is 2.30 bits per heavy atom. The van der Waals surface area contributed by atoms with E-state index >= 15 is 0 Å². The number of ether oxygens (including phenoxy) is 1. The molecule has 7 nitrogen and oxygen atoms in total. The molecule has 27 heavy (non-hydrogen) atoms. The van der Waals surface area contributed by atoms with Crippen LogP contribution in [0.15, 0.2) is 53.4 Å². The highest BCUT2D eigenvalue weighted by Crippen LogP contribution is 2.25. The largest absolute Gasteiger partial charge is 0.497 e. The van der Waals surface area contributed by atoms with Gasteiger partial charge < -0.3 is 4.74 Å². The van der Waals surface area contributed by atoms with E-state index in [2.05, 4.69) is 4.72 Å². The van der Waals surface area contributed by atoms with Crippen LogP contribution in [0.1, 0.15) is 18.4 Å². The fourth-order valence-electron chi connectivity index (χ4n) is 2.88. The fraction of sp³-hybridized carbons (Fsp3) is 0.333. The van der Waals surface area contributed by atoms with Gasteiger partial charge in [0.15, 0.2) is 0 Å². The van der Waals surface area contributed by atoms with E-state index in [1.165, 1.54) is 28.6 Å². The molecule has 0 atom stereocenters. The van der Waals surface area contributed by atoms with E-state index in [-0.39, 0.29) is 17.2 Å². The van der Waals surface area contributed by atoms with Gasteiger partial charge in [-0.2, -0.15) is 0 Å². The summed E-state index contributed by atoms with van der Waals surface area (Å²) in [5.74, 6) is 0.820. The number of hydrogen-bond donors (Lipinski definition) is 1. The van der Waals surface area contributed by atoms with Crippen molar-refractivity contribution in [3.63, 3.8) is 0 Å². The molecule has 0 aromatic heterocycles. The van der Waals surface area contributed by atoms with E-state index in [1.807, 2.05) is 0 Å². The van der Waals surface area contributed by atoms with Gasteiger partial charge in [-0.3, -0.25) is 4.31 Å².